The molecular formula is C22H22N4O5. The minimum Gasteiger partial charge on any atom is -0.490 e. The lowest BCUT2D eigenvalue weighted by atomic mass is 10.1. The third kappa shape index (κ3) is 3.48. The fourth-order valence-corrected chi connectivity index (χ4v) is 3.48. The molecule has 1 N–H and O–H groups in total. The van der Waals surface area contributed by atoms with Crippen LogP contribution in [0, 0.1) is 0 Å². The largest absolute Gasteiger partial charge is 0.490 e. The number of nitrogens with one attached hydrogen (secondary N) is 1. The van der Waals surface area contributed by atoms with Crippen molar-refractivity contribution in [3.8, 4) is 5.75 Å². The van der Waals surface area contributed by atoms with Gasteiger partial charge in [0.05, 0.1) is 23.6 Å². The summed E-state index contributed by atoms with van der Waals surface area (Å²) in [6.07, 6.45) is 1.34. The van der Waals surface area contributed by atoms with Crippen LogP contribution in [0.3, 0.4) is 0 Å². The lowest BCUT2D eigenvalue weighted by Gasteiger charge is -2.12. The van der Waals surface area contributed by atoms with Crippen LogP contribution in [0.4, 0.5) is 0 Å². The molecule has 0 spiro atoms. The Morgan fingerprint density at radius 2 is 2.00 bits per heavy atom. The van der Waals surface area contributed by atoms with Crippen LogP contribution in [0.2, 0.25) is 0 Å². The van der Waals surface area contributed by atoms with Gasteiger partial charge in [0.15, 0.2) is 11.3 Å². The number of hydrogen-bond donors (Lipinski definition) is 1. The van der Waals surface area contributed by atoms with Gasteiger partial charge in [-0.2, -0.15) is 0 Å². The average Bonchev–Trinajstić information content (AvgIpc) is 3.21. The number of furan rings is 1. The summed E-state index contributed by atoms with van der Waals surface area (Å²) in [5.74, 6) is 0.802. The minimum atomic E-state index is -0.506. The highest BCUT2D eigenvalue weighted by atomic mass is 16.5. The number of carbonyl (C=O) groups is 1. The van der Waals surface area contributed by atoms with Crippen LogP contribution in [-0.4, -0.2) is 26.6 Å². The molecule has 0 aliphatic carbocycles. The maximum absolute atomic E-state index is 12.8. The molecular weight excluding hydrogens is 400 g/mol. The number of aromatic nitrogens is 3. The van der Waals surface area contributed by atoms with Crippen molar-refractivity contribution in [1.29, 1.82) is 0 Å². The lowest BCUT2D eigenvalue weighted by molar-refractivity contribution is 0.0935. The SMILES string of the molecule is CCOc1cccc2cc([C@H](C)NC(=O)c3cnc4c(c3)c(=O)n(C)c(=O)n4C)oc12. The number of pyridine rings is 1. The molecule has 0 radical (unpaired) electrons. The molecule has 31 heavy (non-hydrogen) atoms. The monoisotopic (exact) mass is 422 g/mol. The molecule has 160 valence electrons. The summed E-state index contributed by atoms with van der Waals surface area (Å²) < 4.78 is 13.8. The Labute approximate surface area is 176 Å². The Bertz CT molecular complexity index is 1430. The summed E-state index contributed by atoms with van der Waals surface area (Å²) in [5.41, 5.74) is 0.0676. The molecule has 1 aromatic carbocycles. The highest BCUT2D eigenvalue weighted by molar-refractivity contribution is 5.97. The second-order valence-corrected chi connectivity index (χ2v) is 7.25. The Kier molecular flexibility index (Phi) is 5.10. The van der Waals surface area contributed by atoms with Crippen LogP contribution in [0.15, 0.2) is 50.5 Å². The second-order valence-electron chi connectivity index (χ2n) is 7.25. The van der Waals surface area contributed by atoms with Crippen LogP contribution in [0.1, 0.15) is 36.0 Å². The fourth-order valence-electron chi connectivity index (χ4n) is 3.48. The molecule has 0 fully saturated rings. The Morgan fingerprint density at radius 1 is 1.23 bits per heavy atom. The maximum atomic E-state index is 12.8. The number of aryl methyl sites for hydroxylation is 1. The summed E-state index contributed by atoms with van der Waals surface area (Å²) in [6, 6.07) is 8.48. The standard InChI is InChI=1S/C22H22N4O5/c1-5-30-16-8-6-7-13-10-17(31-18(13)16)12(2)24-20(27)14-9-15-19(23-11-14)25(3)22(29)26(4)21(15)28/h6-12H,5H2,1-4H3,(H,24,27)/t12-/m0/s1. The van der Waals surface area contributed by atoms with E-state index in [9.17, 15) is 14.4 Å². The first-order valence-corrected chi connectivity index (χ1v) is 9.83. The summed E-state index contributed by atoms with van der Waals surface area (Å²) in [5, 5.41) is 3.92. The molecule has 3 aromatic heterocycles. The number of fused-ring (bicyclic) bond motifs is 2. The van der Waals surface area contributed by atoms with E-state index in [4.69, 9.17) is 9.15 Å². The Morgan fingerprint density at radius 3 is 2.74 bits per heavy atom. The molecule has 1 amide bonds. The maximum Gasteiger partial charge on any atom is 0.332 e. The highest BCUT2D eigenvalue weighted by Crippen LogP contribution is 2.31. The summed E-state index contributed by atoms with van der Waals surface area (Å²) in [7, 11) is 2.91. The molecule has 4 rings (SSSR count). The van der Waals surface area contributed by atoms with Crippen LogP contribution in [-0.2, 0) is 14.1 Å². The predicted molar refractivity (Wildman–Crippen MR) is 115 cm³/mol. The molecule has 0 aliphatic heterocycles. The van der Waals surface area contributed by atoms with Gasteiger partial charge in [-0.05, 0) is 32.0 Å². The van der Waals surface area contributed by atoms with E-state index in [-0.39, 0.29) is 16.6 Å². The van der Waals surface area contributed by atoms with Crippen LogP contribution >= 0.6 is 0 Å². The van der Waals surface area contributed by atoms with Crippen molar-refractivity contribution in [2.75, 3.05) is 6.61 Å². The zero-order valence-corrected chi connectivity index (χ0v) is 17.6. The highest BCUT2D eigenvalue weighted by Gasteiger charge is 2.19. The Balaban J connectivity index is 1.64. The van der Waals surface area contributed by atoms with Crippen molar-refractivity contribution in [2.45, 2.75) is 19.9 Å². The first kappa shape index (κ1) is 20.4. The predicted octanol–water partition coefficient (Wildman–Crippen LogP) is 2.27. The number of rotatable bonds is 5. The molecule has 0 aliphatic rings. The van der Waals surface area contributed by atoms with Crippen molar-refractivity contribution in [3.05, 3.63) is 68.7 Å². The van der Waals surface area contributed by atoms with Gasteiger partial charge >= 0.3 is 5.69 Å². The Hall–Kier alpha value is -3.88. The second kappa shape index (κ2) is 7.75. The van der Waals surface area contributed by atoms with E-state index in [0.717, 1.165) is 9.95 Å². The topological polar surface area (TPSA) is 108 Å². The van der Waals surface area contributed by atoms with Crippen molar-refractivity contribution < 1.29 is 13.9 Å². The first-order valence-electron chi connectivity index (χ1n) is 9.83. The van der Waals surface area contributed by atoms with E-state index in [1.165, 1.54) is 30.9 Å². The van der Waals surface area contributed by atoms with Crippen molar-refractivity contribution in [3.63, 3.8) is 0 Å². The van der Waals surface area contributed by atoms with Gasteiger partial charge in [-0.25, -0.2) is 9.78 Å². The van der Waals surface area contributed by atoms with E-state index in [0.29, 0.717) is 23.7 Å². The zero-order chi connectivity index (χ0) is 22.3. The number of hydrogen-bond acceptors (Lipinski definition) is 6. The quantitative estimate of drug-likeness (QED) is 0.529. The summed E-state index contributed by atoms with van der Waals surface area (Å²) in [4.78, 5) is 41.5. The number of ether oxygens (including phenoxy) is 1. The summed E-state index contributed by atoms with van der Waals surface area (Å²) in [6.45, 7) is 4.21. The van der Waals surface area contributed by atoms with Gasteiger partial charge in [-0.1, -0.05) is 12.1 Å². The van der Waals surface area contributed by atoms with Gasteiger partial charge in [0.2, 0.25) is 0 Å². The van der Waals surface area contributed by atoms with E-state index >= 15 is 0 Å². The fraction of sp³-hybridized carbons (Fsp3) is 0.273. The van der Waals surface area contributed by atoms with E-state index in [1.807, 2.05) is 31.2 Å². The van der Waals surface area contributed by atoms with Crippen molar-refractivity contribution >= 4 is 27.9 Å². The van der Waals surface area contributed by atoms with Crippen LogP contribution in [0.5, 0.6) is 5.75 Å². The molecule has 9 nitrogen and oxygen atoms in total. The van der Waals surface area contributed by atoms with Crippen LogP contribution in [0.25, 0.3) is 22.0 Å². The number of benzene rings is 1. The van der Waals surface area contributed by atoms with Gasteiger partial charge in [0.1, 0.15) is 11.4 Å². The number of para-hydroxylation sites is 1. The van der Waals surface area contributed by atoms with Gasteiger partial charge in [-0.3, -0.25) is 18.7 Å². The van der Waals surface area contributed by atoms with Gasteiger partial charge in [0.25, 0.3) is 11.5 Å². The van der Waals surface area contributed by atoms with Gasteiger partial charge < -0.3 is 14.5 Å². The molecule has 4 aromatic rings. The van der Waals surface area contributed by atoms with Crippen LogP contribution < -0.4 is 21.3 Å². The van der Waals surface area contributed by atoms with Crippen molar-refractivity contribution in [2.24, 2.45) is 14.1 Å². The van der Waals surface area contributed by atoms with Gasteiger partial charge in [0, 0.05) is 25.7 Å². The number of carbonyl (C=O) groups excluding carboxylic acids is 1. The van der Waals surface area contributed by atoms with E-state index < -0.39 is 23.2 Å². The minimum absolute atomic E-state index is 0.190. The van der Waals surface area contributed by atoms with Gasteiger partial charge in [-0.15, -0.1) is 0 Å². The molecule has 1 atom stereocenters. The average molecular weight is 422 g/mol. The molecule has 0 unspecified atom stereocenters. The molecule has 0 saturated heterocycles. The molecule has 0 bridgehead atoms. The summed E-state index contributed by atoms with van der Waals surface area (Å²) >= 11 is 0. The smallest absolute Gasteiger partial charge is 0.332 e. The first-order chi connectivity index (χ1) is 14.8. The van der Waals surface area contributed by atoms with Crippen molar-refractivity contribution in [1.82, 2.24) is 19.4 Å². The third-order valence-corrected chi connectivity index (χ3v) is 5.16. The van der Waals surface area contributed by atoms with E-state index in [2.05, 4.69) is 10.3 Å². The number of nitrogens with zero attached hydrogens (tertiary/aromatic N) is 3. The molecule has 0 saturated carbocycles. The van der Waals surface area contributed by atoms with E-state index in [1.54, 1.807) is 6.92 Å². The zero-order valence-electron chi connectivity index (χ0n) is 17.6. The molecule has 9 heteroatoms. The molecule has 3 heterocycles. The number of amides is 1. The lowest BCUT2D eigenvalue weighted by Crippen LogP contribution is -2.37. The normalized spacial score (nSPS) is 12.3. The third-order valence-electron chi connectivity index (χ3n) is 5.16.